The van der Waals surface area contributed by atoms with Crippen LogP contribution in [0.1, 0.15) is 20.8 Å². The van der Waals surface area contributed by atoms with Crippen LogP contribution in [0.15, 0.2) is 16.9 Å². The van der Waals surface area contributed by atoms with Crippen LogP contribution < -0.4 is 0 Å². The van der Waals surface area contributed by atoms with Crippen molar-refractivity contribution in [3.05, 3.63) is 16.9 Å². The molecule has 0 fully saturated rings. The number of aromatic nitrogens is 2. The lowest BCUT2D eigenvalue weighted by molar-refractivity contribution is 0.325. The molecule has 1 rings (SSSR count). The summed E-state index contributed by atoms with van der Waals surface area (Å²) < 4.78 is 2.99. The van der Waals surface area contributed by atoms with Gasteiger partial charge in [0.2, 0.25) is 0 Å². The van der Waals surface area contributed by atoms with Gasteiger partial charge in [-0.05, 0) is 21.3 Å². The predicted molar refractivity (Wildman–Crippen MR) is 49.4 cm³/mol. The van der Waals surface area contributed by atoms with E-state index in [1.54, 1.807) is 0 Å². The fraction of sp³-hybridized carbons (Fsp3) is 0.625. The Morgan fingerprint density at radius 1 is 1.55 bits per heavy atom. The lowest BCUT2D eigenvalue weighted by Gasteiger charge is -2.17. The van der Waals surface area contributed by atoms with Crippen molar-refractivity contribution in [1.82, 2.24) is 9.78 Å². The molecule has 0 saturated heterocycles. The standard InChI is InChI=1S/C8H13BrN2/c1-8(2,3)6-11-5-7(9)4-10-11/h4-5H,6H2,1-3H3. The Hall–Kier alpha value is -0.310. The summed E-state index contributed by atoms with van der Waals surface area (Å²) in [6.45, 7) is 7.55. The zero-order valence-electron chi connectivity index (χ0n) is 7.13. The Morgan fingerprint density at radius 3 is 2.55 bits per heavy atom. The number of rotatable bonds is 1. The average molecular weight is 217 g/mol. The summed E-state index contributed by atoms with van der Waals surface area (Å²) in [6.07, 6.45) is 3.80. The lowest BCUT2D eigenvalue weighted by atomic mass is 9.97. The summed E-state index contributed by atoms with van der Waals surface area (Å²) in [7, 11) is 0. The van der Waals surface area contributed by atoms with Gasteiger partial charge in [-0.25, -0.2) is 0 Å². The average Bonchev–Trinajstić information content (AvgIpc) is 2.10. The van der Waals surface area contributed by atoms with E-state index >= 15 is 0 Å². The molecule has 0 aromatic carbocycles. The molecular weight excluding hydrogens is 204 g/mol. The van der Waals surface area contributed by atoms with Crippen molar-refractivity contribution in [3.8, 4) is 0 Å². The van der Waals surface area contributed by atoms with Crippen molar-refractivity contribution in [3.63, 3.8) is 0 Å². The molecule has 0 saturated carbocycles. The van der Waals surface area contributed by atoms with Gasteiger partial charge < -0.3 is 0 Å². The fourth-order valence-electron chi connectivity index (χ4n) is 0.911. The molecule has 0 bridgehead atoms. The van der Waals surface area contributed by atoms with Crippen LogP contribution in [0.2, 0.25) is 0 Å². The van der Waals surface area contributed by atoms with E-state index in [4.69, 9.17) is 0 Å². The molecule has 0 unspecified atom stereocenters. The van der Waals surface area contributed by atoms with Gasteiger partial charge in [0.15, 0.2) is 0 Å². The maximum absolute atomic E-state index is 4.17. The van der Waals surface area contributed by atoms with E-state index in [2.05, 4.69) is 41.8 Å². The number of halogens is 1. The van der Waals surface area contributed by atoms with Crippen LogP contribution in [0, 0.1) is 5.41 Å². The van der Waals surface area contributed by atoms with Crippen molar-refractivity contribution in [2.24, 2.45) is 5.41 Å². The summed E-state index contributed by atoms with van der Waals surface area (Å²) in [6, 6.07) is 0. The van der Waals surface area contributed by atoms with Gasteiger partial charge >= 0.3 is 0 Å². The minimum atomic E-state index is 0.297. The Morgan fingerprint density at radius 2 is 2.18 bits per heavy atom. The van der Waals surface area contributed by atoms with Crippen molar-refractivity contribution in [2.45, 2.75) is 27.3 Å². The number of hydrogen-bond donors (Lipinski definition) is 0. The summed E-state index contributed by atoms with van der Waals surface area (Å²) in [5.74, 6) is 0. The van der Waals surface area contributed by atoms with Gasteiger partial charge in [-0.3, -0.25) is 4.68 Å². The van der Waals surface area contributed by atoms with Crippen LogP contribution in [0.4, 0.5) is 0 Å². The highest BCUT2D eigenvalue weighted by Crippen LogP contribution is 2.16. The van der Waals surface area contributed by atoms with E-state index in [0.717, 1.165) is 11.0 Å². The maximum atomic E-state index is 4.17. The molecular formula is C8H13BrN2. The molecule has 0 aliphatic carbocycles. The third kappa shape index (κ3) is 3.06. The highest BCUT2D eigenvalue weighted by atomic mass is 79.9. The first-order valence-corrected chi connectivity index (χ1v) is 4.45. The Kier molecular flexibility index (Phi) is 2.37. The summed E-state index contributed by atoms with van der Waals surface area (Å²) in [5.41, 5.74) is 0.297. The van der Waals surface area contributed by atoms with Crippen molar-refractivity contribution in [1.29, 1.82) is 0 Å². The Labute approximate surface area is 75.7 Å². The molecule has 1 aromatic heterocycles. The quantitative estimate of drug-likeness (QED) is 0.707. The minimum absolute atomic E-state index is 0.297. The first kappa shape index (κ1) is 8.78. The molecule has 0 radical (unpaired) electrons. The fourth-order valence-corrected chi connectivity index (χ4v) is 1.24. The van der Waals surface area contributed by atoms with E-state index in [0.29, 0.717) is 5.41 Å². The van der Waals surface area contributed by atoms with Crippen LogP contribution in [-0.4, -0.2) is 9.78 Å². The second-order valence-corrected chi connectivity index (χ2v) is 4.83. The Balaban J connectivity index is 2.65. The zero-order valence-corrected chi connectivity index (χ0v) is 8.72. The van der Waals surface area contributed by atoms with Crippen molar-refractivity contribution < 1.29 is 0 Å². The van der Waals surface area contributed by atoms with Gasteiger partial charge in [0.1, 0.15) is 0 Å². The van der Waals surface area contributed by atoms with Gasteiger partial charge in [0, 0.05) is 12.7 Å². The number of hydrogen-bond acceptors (Lipinski definition) is 1. The summed E-state index contributed by atoms with van der Waals surface area (Å²) in [5, 5.41) is 4.17. The molecule has 0 aliphatic rings. The number of nitrogens with zero attached hydrogens (tertiary/aromatic N) is 2. The monoisotopic (exact) mass is 216 g/mol. The van der Waals surface area contributed by atoms with Gasteiger partial charge in [0.25, 0.3) is 0 Å². The van der Waals surface area contributed by atoms with Crippen molar-refractivity contribution in [2.75, 3.05) is 0 Å². The SMILES string of the molecule is CC(C)(C)Cn1cc(Br)cn1. The third-order valence-corrected chi connectivity index (χ3v) is 1.65. The molecule has 1 heterocycles. The first-order valence-electron chi connectivity index (χ1n) is 3.65. The minimum Gasteiger partial charge on any atom is -0.271 e. The molecule has 3 heteroatoms. The van der Waals surface area contributed by atoms with Crippen LogP contribution in [0.5, 0.6) is 0 Å². The first-order chi connectivity index (χ1) is 4.97. The molecule has 2 nitrogen and oxygen atoms in total. The summed E-state index contributed by atoms with van der Waals surface area (Å²) in [4.78, 5) is 0. The second-order valence-electron chi connectivity index (χ2n) is 3.92. The molecule has 62 valence electrons. The lowest BCUT2D eigenvalue weighted by Crippen LogP contribution is -2.15. The van der Waals surface area contributed by atoms with Crippen LogP contribution in [0.3, 0.4) is 0 Å². The highest BCUT2D eigenvalue weighted by Gasteiger charge is 2.11. The largest absolute Gasteiger partial charge is 0.271 e. The van der Waals surface area contributed by atoms with E-state index in [1.165, 1.54) is 0 Å². The molecule has 0 N–H and O–H groups in total. The third-order valence-electron chi connectivity index (χ3n) is 1.24. The molecule has 11 heavy (non-hydrogen) atoms. The maximum Gasteiger partial charge on any atom is 0.0632 e. The second kappa shape index (κ2) is 2.97. The normalized spacial score (nSPS) is 12.0. The molecule has 0 amide bonds. The molecule has 1 aromatic rings. The van der Waals surface area contributed by atoms with Crippen molar-refractivity contribution >= 4 is 15.9 Å². The van der Waals surface area contributed by atoms with Gasteiger partial charge in [-0.1, -0.05) is 20.8 Å². The summed E-state index contributed by atoms with van der Waals surface area (Å²) >= 11 is 3.36. The predicted octanol–water partition coefficient (Wildman–Crippen LogP) is 2.69. The molecule has 0 atom stereocenters. The van der Waals surface area contributed by atoms with Gasteiger partial charge in [-0.15, -0.1) is 0 Å². The van der Waals surface area contributed by atoms with E-state index in [-0.39, 0.29) is 0 Å². The van der Waals surface area contributed by atoms with E-state index in [9.17, 15) is 0 Å². The van der Waals surface area contributed by atoms with E-state index < -0.39 is 0 Å². The molecule has 0 aliphatic heterocycles. The van der Waals surface area contributed by atoms with Crippen LogP contribution in [-0.2, 0) is 6.54 Å². The zero-order chi connectivity index (χ0) is 8.48. The molecule has 0 spiro atoms. The van der Waals surface area contributed by atoms with Crippen LogP contribution >= 0.6 is 15.9 Å². The van der Waals surface area contributed by atoms with Gasteiger partial charge in [0.05, 0.1) is 10.7 Å². The van der Waals surface area contributed by atoms with E-state index in [1.807, 2.05) is 17.1 Å². The van der Waals surface area contributed by atoms with Gasteiger partial charge in [-0.2, -0.15) is 5.10 Å². The smallest absolute Gasteiger partial charge is 0.0632 e. The highest BCUT2D eigenvalue weighted by molar-refractivity contribution is 9.10. The Bertz CT molecular complexity index is 234. The van der Waals surface area contributed by atoms with Crippen LogP contribution in [0.25, 0.3) is 0 Å². The topological polar surface area (TPSA) is 17.8 Å².